The first-order chi connectivity index (χ1) is 11.1. The molecule has 23 heavy (non-hydrogen) atoms. The zero-order chi connectivity index (χ0) is 16.7. The second-order valence-corrected chi connectivity index (χ2v) is 4.96. The van der Waals surface area contributed by atoms with Gasteiger partial charge < -0.3 is 10.1 Å². The van der Waals surface area contributed by atoms with Gasteiger partial charge in [0.05, 0.1) is 0 Å². The third-order valence-corrected chi connectivity index (χ3v) is 3.24. The molecule has 0 saturated heterocycles. The van der Waals surface area contributed by atoms with Crippen LogP contribution < -0.4 is 21.3 Å². The summed E-state index contributed by atoms with van der Waals surface area (Å²) in [6.07, 6.45) is -0.710. The van der Waals surface area contributed by atoms with Crippen LogP contribution in [-0.4, -0.2) is 17.9 Å². The maximum absolute atomic E-state index is 12.1. The van der Waals surface area contributed by atoms with Gasteiger partial charge in [-0.15, -0.1) is 0 Å². The van der Waals surface area contributed by atoms with E-state index in [0.29, 0.717) is 17.9 Å². The van der Waals surface area contributed by atoms with Crippen LogP contribution in [0.15, 0.2) is 54.6 Å². The molecule has 0 unspecified atom stereocenters. The second-order valence-electron chi connectivity index (χ2n) is 4.96. The predicted octanol–water partition coefficient (Wildman–Crippen LogP) is 1.37. The topological polar surface area (TPSA) is 93.4 Å². The predicted molar refractivity (Wildman–Crippen MR) is 86.5 cm³/mol. The maximum atomic E-state index is 12.1. The fourth-order valence-corrected chi connectivity index (χ4v) is 1.94. The third-order valence-electron chi connectivity index (χ3n) is 3.24. The molecule has 0 aliphatic carbocycles. The molecule has 1 atom stereocenters. The van der Waals surface area contributed by atoms with E-state index in [0.717, 1.165) is 5.56 Å². The fourth-order valence-electron chi connectivity index (χ4n) is 1.94. The van der Waals surface area contributed by atoms with Crippen molar-refractivity contribution >= 4 is 11.8 Å². The van der Waals surface area contributed by atoms with Crippen molar-refractivity contribution in [2.24, 2.45) is 5.84 Å². The van der Waals surface area contributed by atoms with Crippen molar-refractivity contribution in [3.8, 4) is 5.75 Å². The Morgan fingerprint density at radius 2 is 1.74 bits per heavy atom. The van der Waals surface area contributed by atoms with Crippen LogP contribution in [0.25, 0.3) is 0 Å². The molecule has 2 aromatic carbocycles. The summed E-state index contributed by atoms with van der Waals surface area (Å²) in [5.41, 5.74) is 3.57. The summed E-state index contributed by atoms with van der Waals surface area (Å²) in [5.74, 6) is 4.93. The average molecular weight is 313 g/mol. The number of nitrogens with one attached hydrogen (secondary N) is 2. The first kappa shape index (κ1) is 16.5. The molecule has 0 radical (unpaired) electrons. The van der Waals surface area contributed by atoms with Crippen molar-refractivity contribution < 1.29 is 14.3 Å². The standard InChI is InChI=1S/C17H19N3O3/c1-12(16(21)20-18)23-15-9-7-14(8-10-15)17(22)19-11-13-5-3-2-4-6-13/h2-10,12H,11,18H2,1H3,(H,19,22)(H,20,21)/t12-/m1/s1. The molecule has 0 aliphatic rings. The summed E-state index contributed by atoms with van der Waals surface area (Å²) < 4.78 is 5.41. The molecule has 0 saturated carbocycles. The lowest BCUT2D eigenvalue weighted by atomic mass is 10.2. The van der Waals surface area contributed by atoms with Gasteiger partial charge in [0.1, 0.15) is 5.75 Å². The largest absolute Gasteiger partial charge is 0.481 e. The molecule has 6 nitrogen and oxygen atoms in total. The lowest BCUT2D eigenvalue weighted by Gasteiger charge is -2.13. The number of hydrogen-bond acceptors (Lipinski definition) is 4. The second kappa shape index (κ2) is 7.95. The molecule has 2 rings (SSSR count). The van der Waals surface area contributed by atoms with Crippen molar-refractivity contribution in [2.75, 3.05) is 0 Å². The van der Waals surface area contributed by atoms with Crippen LogP contribution in [0.3, 0.4) is 0 Å². The number of hydrazine groups is 1. The summed E-state index contributed by atoms with van der Waals surface area (Å²) in [4.78, 5) is 23.4. The maximum Gasteiger partial charge on any atom is 0.274 e. The van der Waals surface area contributed by atoms with Gasteiger partial charge in [0.15, 0.2) is 6.10 Å². The van der Waals surface area contributed by atoms with Crippen LogP contribution in [0.4, 0.5) is 0 Å². The minimum Gasteiger partial charge on any atom is -0.481 e. The summed E-state index contributed by atoms with van der Waals surface area (Å²) in [7, 11) is 0. The number of amides is 2. The van der Waals surface area contributed by atoms with Gasteiger partial charge in [0.25, 0.3) is 11.8 Å². The zero-order valence-corrected chi connectivity index (χ0v) is 12.8. The molecule has 0 fully saturated rings. The van der Waals surface area contributed by atoms with Gasteiger partial charge in [0.2, 0.25) is 0 Å². The van der Waals surface area contributed by atoms with Crippen LogP contribution in [-0.2, 0) is 11.3 Å². The van der Waals surface area contributed by atoms with Gasteiger partial charge in [-0.1, -0.05) is 30.3 Å². The number of nitrogens with two attached hydrogens (primary N) is 1. The van der Waals surface area contributed by atoms with Gasteiger partial charge in [-0.05, 0) is 36.8 Å². The van der Waals surface area contributed by atoms with Gasteiger partial charge in [-0.2, -0.15) is 0 Å². The lowest BCUT2D eigenvalue weighted by Crippen LogP contribution is -2.40. The number of hydrogen-bond donors (Lipinski definition) is 3. The highest BCUT2D eigenvalue weighted by Gasteiger charge is 2.13. The van der Waals surface area contributed by atoms with E-state index in [9.17, 15) is 9.59 Å². The van der Waals surface area contributed by atoms with Crippen molar-refractivity contribution in [1.82, 2.24) is 10.7 Å². The van der Waals surface area contributed by atoms with E-state index in [1.165, 1.54) is 0 Å². The van der Waals surface area contributed by atoms with E-state index >= 15 is 0 Å². The van der Waals surface area contributed by atoms with Gasteiger partial charge in [-0.3, -0.25) is 15.0 Å². The molecule has 0 bridgehead atoms. The minimum absolute atomic E-state index is 0.173. The molecule has 0 aromatic heterocycles. The van der Waals surface area contributed by atoms with Gasteiger partial charge in [0, 0.05) is 12.1 Å². The Hall–Kier alpha value is -2.86. The van der Waals surface area contributed by atoms with Crippen LogP contribution >= 0.6 is 0 Å². The van der Waals surface area contributed by atoms with E-state index in [4.69, 9.17) is 10.6 Å². The lowest BCUT2D eigenvalue weighted by molar-refractivity contribution is -0.127. The summed E-state index contributed by atoms with van der Waals surface area (Å²) in [5, 5.41) is 2.84. The number of rotatable bonds is 6. The van der Waals surface area contributed by atoms with Crippen LogP contribution in [0.1, 0.15) is 22.8 Å². The molecule has 2 aromatic rings. The van der Waals surface area contributed by atoms with Crippen molar-refractivity contribution in [3.63, 3.8) is 0 Å². The summed E-state index contributed by atoms with van der Waals surface area (Å²) in [6.45, 7) is 2.05. The molecule has 120 valence electrons. The molecule has 4 N–H and O–H groups in total. The Kier molecular flexibility index (Phi) is 5.71. The normalized spacial score (nSPS) is 11.4. The SMILES string of the molecule is C[C@@H](Oc1ccc(C(=O)NCc2ccccc2)cc1)C(=O)NN. The van der Waals surface area contributed by atoms with E-state index in [2.05, 4.69) is 5.32 Å². The Labute approximate surface area is 134 Å². The summed E-state index contributed by atoms with van der Waals surface area (Å²) in [6, 6.07) is 16.2. The smallest absolute Gasteiger partial charge is 0.274 e. The van der Waals surface area contributed by atoms with E-state index in [1.54, 1.807) is 31.2 Å². The molecule has 6 heteroatoms. The number of ether oxygens (including phenoxy) is 1. The zero-order valence-electron chi connectivity index (χ0n) is 12.8. The quantitative estimate of drug-likeness (QED) is 0.426. The minimum atomic E-state index is -0.710. The molecule has 2 amide bonds. The molecule has 0 spiro atoms. The monoisotopic (exact) mass is 313 g/mol. The van der Waals surface area contributed by atoms with E-state index < -0.39 is 12.0 Å². The van der Waals surface area contributed by atoms with Gasteiger partial charge >= 0.3 is 0 Å². The first-order valence-electron chi connectivity index (χ1n) is 7.19. The third kappa shape index (κ3) is 4.82. The Bertz CT molecular complexity index is 657. The highest BCUT2D eigenvalue weighted by atomic mass is 16.5. The van der Waals surface area contributed by atoms with Gasteiger partial charge in [-0.25, -0.2) is 5.84 Å². The fraction of sp³-hybridized carbons (Fsp3) is 0.176. The van der Waals surface area contributed by atoms with Crippen LogP contribution in [0.5, 0.6) is 5.75 Å². The molecular formula is C17H19N3O3. The number of benzene rings is 2. The Morgan fingerprint density at radius 3 is 2.35 bits per heavy atom. The van der Waals surface area contributed by atoms with Crippen molar-refractivity contribution in [2.45, 2.75) is 19.6 Å². The first-order valence-corrected chi connectivity index (χ1v) is 7.19. The molecule has 0 aliphatic heterocycles. The van der Waals surface area contributed by atoms with E-state index in [1.807, 2.05) is 35.8 Å². The number of carbonyl (C=O) groups is 2. The number of carbonyl (C=O) groups excluding carboxylic acids is 2. The highest BCUT2D eigenvalue weighted by molar-refractivity contribution is 5.94. The van der Waals surface area contributed by atoms with Crippen LogP contribution in [0.2, 0.25) is 0 Å². The highest BCUT2D eigenvalue weighted by Crippen LogP contribution is 2.14. The van der Waals surface area contributed by atoms with Crippen molar-refractivity contribution in [3.05, 3.63) is 65.7 Å². The Morgan fingerprint density at radius 1 is 1.09 bits per heavy atom. The Balaban J connectivity index is 1.91. The molecular weight excluding hydrogens is 294 g/mol. The summed E-state index contributed by atoms with van der Waals surface area (Å²) >= 11 is 0. The van der Waals surface area contributed by atoms with Crippen molar-refractivity contribution in [1.29, 1.82) is 0 Å². The van der Waals surface area contributed by atoms with Crippen LogP contribution in [0, 0.1) is 0 Å². The van der Waals surface area contributed by atoms with E-state index in [-0.39, 0.29) is 5.91 Å². The average Bonchev–Trinajstić information content (AvgIpc) is 2.60. The molecule has 0 heterocycles.